The van der Waals surface area contributed by atoms with Gasteiger partial charge in [0.1, 0.15) is 0 Å². The first-order valence-electron chi connectivity index (χ1n) is 5.80. The average molecular weight is 244 g/mol. The number of nitrogens with two attached hydrogens (primary N) is 1. The van der Waals surface area contributed by atoms with E-state index in [2.05, 4.69) is 6.58 Å². The molecule has 0 aliphatic carbocycles. The van der Waals surface area contributed by atoms with Crippen molar-refractivity contribution >= 4 is 17.5 Å². The highest BCUT2D eigenvalue weighted by Crippen LogP contribution is 2.45. The van der Waals surface area contributed by atoms with Gasteiger partial charge in [0.25, 0.3) is 0 Å². The molecule has 0 fully saturated rings. The van der Waals surface area contributed by atoms with Crippen LogP contribution >= 0.6 is 0 Å². The molecule has 0 radical (unpaired) electrons. The number of fused-ring (bicyclic) bond motifs is 1. The third kappa shape index (κ3) is 1.61. The Labute approximate surface area is 106 Å². The summed E-state index contributed by atoms with van der Waals surface area (Å²) in [6, 6.07) is 7.49. The summed E-state index contributed by atoms with van der Waals surface area (Å²) < 4.78 is 0. The summed E-state index contributed by atoms with van der Waals surface area (Å²) in [7, 11) is 1.72. The Bertz CT molecular complexity index is 524. The van der Waals surface area contributed by atoms with Gasteiger partial charge in [0.15, 0.2) is 0 Å². The number of hydrogen-bond donors (Lipinski definition) is 1. The number of carbonyl (C=O) groups is 2. The number of para-hydroxylation sites is 1. The molecule has 94 valence electrons. The number of rotatable bonds is 4. The van der Waals surface area contributed by atoms with E-state index in [1.807, 2.05) is 24.3 Å². The van der Waals surface area contributed by atoms with Crippen LogP contribution in [0.2, 0.25) is 0 Å². The minimum atomic E-state index is -0.876. The topological polar surface area (TPSA) is 63.4 Å². The second-order valence-electron chi connectivity index (χ2n) is 4.60. The van der Waals surface area contributed by atoms with Crippen molar-refractivity contribution in [3.63, 3.8) is 0 Å². The number of amides is 2. The molecule has 2 N–H and O–H groups in total. The van der Waals surface area contributed by atoms with E-state index in [1.54, 1.807) is 18.0 Å². The maximum absolute atomic E-state index is 12.5. The quantitative estimate of drug-likeness (QED) is 0.813. The number of likely N-dealkylation sites (N-methyl/N-ethyl adjacent to an activating group) is 1. The van der Waals surface area contributed by atoms with Crippen LogP contribution in [0.1, 0.15) is 18.4 Å². The Balaban J connectivity index is 2.62. The summed E-state index contributed by atoms with van der Waals surface area (Å²) in [5, 5.41) is 0. The summed E-state index contributed by atoms with van der Waals surface area (Å²) in [5.74, 6) is -0.572. The Hall–Kier alpha value is -2.10. The van der Waals surface area contributed by atoms with Crippen molar-refractivity contribution in [2.45, 2.75) is 18.3 Å². The smallest absolute Gasteiger partial charge is 0.238 e. The molecule has 1 aromatic rings. The second kappa shape index (κ2) is 4.29. The van der Waals surface area contributed by atoms with Gasteiger partial charge in [-0.2, -0.15) is 0 Å². The molecule has 18 heavy (non-hydrogen) atoms. The normalized spacial score (nSPS) is 21.8. The first kappa shape index (κ1) is 12.4. The van der Waals surface area contributed by atoms with E-state index in [-0.39, 0.29) is 12.3 Å². The standard InChI is InChI=1S/C14H16N2O2/c1-3-8-14(9-12(15)17)10-6-4-5-7-11(10)16(2)13(14)18/h3-7H,1,8-9H2,2H3,(H2,15,17). The van der Waals surface area contributed by atoms with Crippen LogP contribution in [0.5, 0.6) is 0 Å². The van der Waals surface area contributed by atoms with Gasteiger partial charge in [-0.1, -0.05) is 24.3 Å². The Kier molecular flexibility index (Phi) is 2.95. The zero-order valence-corrected chi connectivity index (χ0v) is 10.3. The Morgan fingerprint density at radius 1 is 1.50 bits per heavy atom. The van der Waals surface area contributed by atoms with Crippen molar-refractivity contribution in [3.05, 3.63) is 42.5 Å². The maximum atomic E-state index is 12.5. The van der Waals surface area contributed by atoms with Gasteiger partial charge >= 0.3 is 0 Å². The lowest BCUT2D eigenvalue weighted by atomic mass is 9.75. The first-order valence-corrected chi connectivity index (χ1v) is 5.80. The van der Waals surface area contributed by atoms with Crippen LogP contribution in [0.4, 0.5) is 5.69 Å². The second-order valence-corrected chi connectivity index (χ2v) is 4.60. The molecule has 1 aromatic carbocycles. The summed E-state index contributed by atoms with van der Waals surface area (Å²) in [6.07, 6.45) is 2.09. The Morgan fingerprint density at radius 2 is 2.17 bits per heavy atom. The van der Waals surface area contributed by atoms with Gasteiger partial charge < -0.3 is 10.6 Å². The minimum Gasteiger partial charge on any atom is -0.370 e. The molecular formula is C14H16N2O2. The predicted molar refractivity (Wildman–Crippen MR) is 70.2 cm³/mol. The van der Waals surface area contributed by atoms with Gasteiger partial charge in [0.2, 0.25) is 11.8 Å². The lowest BCUT2D eigenvalue weighted by Crippen LogP contribution is -2.41. The van der Waals surface area contributed by atoms with Gasteiger partial charge in [0, 0.05) is 19.2 Å². The van der Waals surface area contributed by atoms with Crippen molar-refractivity contribution in [1.82, 2.24) is 0 Å². The molecule has 4 heteroatoms. The van der Waals surface area contributed by atoms with Crippen molar-refractivity contribution in [1.29, 1.82) is 0 Å². The molecule has 0 saturated heterocycles. The predicted octanol–water partition coefficient (Wildman–Crippen LogP) is 1.35. The molecule has 0 bridgehead atoms. The molecule has 2 amide bonds. The zero-order valence-electron chi connectivity index (χ0n) is 10.3. The highest BCUT2D eigenvalue weighted by atomic mass is 16.2. The molecule has 1 aliphatic rings. The van der Waals surface area contributed by atoms with E-state index in [0.717, 1.165) is 11.3 Å². The molecular weight excluding hydrogens is 228 g/mol. The fourth-order valence-electron chi connectivity index (χ4n) is 2.70. The third-order valence-corrected chi connectivity index (χ3v) is 3.46. The van der Waals surface area contributed by atoms with Crippen LogP contribution in [0.15, 0.2) is 36.9 Å². The van der Waals surface area contributed by atoms with E-state index < -0.39 is 11.3 Å². The SMILES string of the molecule is C=CCC1(CC(N)=O)C(=O)N(C)c2ccccc21. The number of carbonyl (C=O) groups excluding carboxylic acids is 2. The largest absolute Gasteiger partial charge is 0.370 e. The average Bonchev–Trinajstić information content (AvgIpc) is 2.53. The molecule has 0 aromatic heterocycles. The summed E-state index contributed by atoms with van der Waals surface area (Å²) >= 11 is 0. The molecule has 0 saturated carbocycles. The third-order valence-electron chi connectivity index (χ3n) is 3.46. The van der Waals surface area contributed by atoms with Gasteiger partial charge in [-0.25, -0.2) is 0 Å². The number of allylic oxidation sites excluding steroid dienone is 1. The van der Waals surface area contributed by atoms with Gasteiger partial charge in [-0.3, -0.25) is 9.59 Å². The monoisotopic (exact) mass is 244 g/mol. The van der Waals surface area contributed by atoms with Crippen molar-refractivity contribution in [3.8, 4) is 0 Å². The van der Waals surface area contributed by atoms with E-state index in [0.29, 0.717) is 6.42 Å². The number of hydrogen-bond acceptors (Lipinski definition) is 2. The molecule has 4 nitrogen and oxygen atoms in total. The van der Waals surface area contributed by atoms with Gasteiger partial charge in [0.05, 0.1) is 5.41 Å². The first-order chi connectivity index (χ1) is 8.53. The van der Waals surface area contributed by atoms with Crippen LogP contribution in [0.25, 0.3) is 0 Å². The summed E-state index contributed by atoms with van der Waals surface area (Å²) in [4.78, 5) is 25.4. The van der Waals surface area contributed by atoms with Crippen molar-refractivity contribution in [2.24, 2.45) is 5.73 Å². The van der Waals surface area contributed by atoms with Crippen LogP contribution in [-0.2, 0) is 15.0 Å². The molecule has 0 spiro atoms. The van der Waals surface area contributed by atoms with Crippen LogP contribution in [0.3, 0.4) is 0 Å². The minimum absolute atomic E-state index is 0.0131. The number of benzene rings is 1. The number of primary amides is 1. The number of nitrogens with zero attached hydrogens (tertiary/aromatic N) is 1. The van der Waals surface area contributed by atoms with E-state index >= 15 is 0 Å². The highest BCUT2D eigenvalue weighted by Gasteiger charge is 2.49. The van der Waals surface area contributed by atoms with Crippen LogP contribution in [0, 0.1) is 0 Å². The summed E-state index contributed by atoms with van der Waals surface area (Å²) in [6.45, 7) is 3.69. The van der Waals surface area contributed by atoms with E-state index in [9.17, 15) is 9.59 Å². The lowest BCUT2D eigenvalue weighted by molar-refractivity contribution is -0.128. The molecule has 1 atom stereocenters. The molecule has 1 aliphatic heterocycles. The molecule has 2 rings (SSSR count). The number of anilines is 1. The molecule has 1 heterocycles. The van der Waals surface area contributed by atoms with Gasteiger partial charge in [-0.05, 0) is 18.1 Å². The zero-order chi connectivity index (χ0) is 13.3. The lowest BCUT2D eigenvalue weighted by Gasteiger charge is -2.25. The summed E-state index contributed by atoms with van der Waals surface area (Å²) in [5.41, 5.74) is 6.13. The molecule has 1 unspecified atom stereocenters. The van der Waals surface area contributed by atoms with Gasteiger partial charge in [-0.15, -0.1) is 6.58 Å². The van der Waals surface area contributed by atoms with Crippen LogP contribution < -0.4 is 10.6 Å². The van der Waals surface area contributed by atoms with E-state index in [4.69, 9.17) is 5.73 Å². The maximum Gasteiger partial charge on any atom is 0.238 e. The van der Waals surface area contributed by atoms with Crippen LogP contribution in [-0.4, -0.2) is 18.9 Å². The van der Waals surface area contributed by atoms with E-state index in [1.165, 1.54) is 0 Å². The van der Waals surface area contributed by atoms with Crippen molar-refractivity contribution in [2.75, 3.05) is 11.9 Å². The highest BCUT2D eigenvalue weighted by molar-refractivity contribution is 6.09. The Morgan fingerprint density at radius 3 is 2.78 bits per heavy atom. The van der Waals surface area contributed by atoms with Crippen molar-refractivity contribution < 1.29 is 9.59 Å². The fourth-order valence-corrected chi connectivity index (χ4v) is 2.70. The fraction of sp³-hybridized carbons (Fsp3) is 0.286.